The van der Waals surface area contributed by atoms with Crippen LogP contribution in [0.5, 0.6) is 0 Å². The summed E-state index contributed by atoms with van der Waals surface area (Å²) in [6.45, 7) is 9.24. The van der Waals surface area contributed by atoms with Crippen LogP contribution in [-0.4, -0.2) is 47.4 Å². The quantitative estimate of drug-likeness (QED) is 0.410. The largest absolute Gasteiger partial charge is 0.464 e. The molecule has 2 aromatic rings. The van der Waals surface area contributed by atoms with E-state index in [2.05, 4.69) is 5.32 Å². The summed E-state index contributed by atoms with van der Waals surface area (Å²) in [6.07, 6.45) is -4.55. The summed E-state index contributed by atoms with van der Waals surface area (Å²) in [5.41, 5.74) is 0.711. The Morgan fingerprint density at radius 3 is 2.35 bits per heavy atom. The predicted molar refractivity (Wildman–Crippen MR) is 122 cm³/mol. The van der Waals surface area contributed by atoms with Crippen LogP contribution in [0, 0.1) is 19.8 Å². The summed E-state index contributed by atoms with van der Waals surface area (Å²) in [5, 5.41) is 2.46. The lowest BCUT2D eigenvalue weighted by molar-refractivity contribution is -0.137. The number of urea groups is 1. The van der Waals surface area contributed by atoms with E-state index in [0.717, 1.165) is 12.1 Å². The van der Waals surface area contributed by atoms with Crippen LogP contribution in [-0.2, 0) is 17.5 Å². The van der Waals surface area contributed by atoms with Gasteiger partial charge in [-0.2, -0.15) is 13.2 Å². The van der Waals surface area contributed by atoms with Gasteiger partial charge in [0.2, 0.25) is 0 Å². The molecule has 1 N–H and O–H groups in total. The van der Waals surface area contributed by atoms with Gasteiger partial charge < -0.3 is 19.5 Å². The van der Waals surface area contributed by atoms with Gasteiger partial charge in [-0.1, -0.05) is 19.9 Å². The fourth-order valence-electron chi connectivity index (χ4n) is 3.95. The van der Waals surface area contributed by atoms with Crippen molar-refractivity contribution in [3.63, 3.8) is 0 Å². The number of nitrogens with one attached hydrogen (secondary N) is 1. The zero-order chi connectivity index (χ0) is 25.8. The van der Waals surface area contributed by atoms with Crippen LogP contribution in [0.15, 0.2) is 24.3 Å². The van der Waals surface area contributed by atoms with Crippen molar-refractivity contribution in [2.75, 3.05) is 25.5 Å². The fourth-order valence-corrected chi connectivity index (χ4v) is 3.95. The molecule has 0 fully saturated rings. The van der Waals surface area contributed by atoms with Crippen LogP contribution >= 0.6 is 0 Å². The van der Waals surface area contributed by atoms with E-state index < -0.39 is 23.7 Å². The first-order valence-corrected chi connectivity index (χ1v) is 10.9. The summed E-state index contributed by atoms with van der Waals surface area (Å²) in [4.78, 5) is 39.7. The maximum atomic E-state index is 13.3. The Labute approximate surface area is 196 Å². The Kier molecular flexibility index (Phi) is 8.52. The van der Waals surface area contributed by atoms with Gasteiger partial charge >= 0.3 is 18.2 Å². The molecule has 2 amide bonds. The molecular formula is C24H30F3N3O4. The molecule has 0 unspecified atom stereocenters. The highest BCUT2D eigenvalue weighted by molar-refractivity contribution is 6.05. The van der Waals surface area contributed by atoms with Crippen LogP contribution in [0.25, 0.3) is 0 Å². The molecule has 34 heavy (non-hydrogen) atoms. The molecular weight excluding hydrogens is 451 g/mol. The molecule has 186 valence electrons. The zero-order valence-electron chi connectivity index (χ0n) is 20.2. The second-order valence-corrected chi connectivity index (χ2v) is 8.38. The van der Waals surface area contributed by atoms with Crippen molar-refractivity contribution in [2.24, 2.45) is 5.92 Å². The molecule has 0 aliphatic rings. The molecule has 0 bridgehead atoms. The van der Waals surface area contributed by atoms with Gasteiger partial charge in [-0.3, -0.25) is 4.79 Å². The van der Waals surface area contributed by atoms with E-state index in [1.54, 1.807) is 18.4 Å². The minimum Gasteiger partial charge on any atom is -0.464 e. The molecule has 0 atom stereocenters. The van der Waals surface area contributed by atoms with Crippen LogP contribution < -0.4 is 5.32 Å². The average molecular weight is 482 g/mol. The molecule has 0 saturated carbocycles. The van der Waals surface area contributed by atoms with Crippen LogP contribution in [0.3, 0.4) is 0 Å². The molecule has 2 rings (SSSR count). The van der Waals surface area contributed by atoms with Crippen molar-refractivity contribution in [1.29, 1.82) is 0 Å². The fraction of sp³-hybridized carbons (Fsp3) is 0.458. The number of amides is 2. The molecule has 10 heteroatoms. The summed E-state index contributed by atoms with van der Waals surface area (Å²) >= 11 is 0. The van der Waals surface area contributed by atoms with Gasteiger partial charge in [0, 0.05) is 30.0 Å². The minimum absolute atomic E-state index is 0.00637. The van der Waals surface area contributed by atoms with Crippen molar-refractivity contribution in [3.8, 4) is 0 Å². The maximum Gasteiger partial charge on any atom is 0.416 e. The topological polar surface area (TPSA) is 80.6 Å². The molecule has 0 aliphatic heterocycles. The number of halogens is 3. The Bertz CT molecular complexity index is 1070. The lowest BCUT2D eigenvalue weighted by atomic mass is 10.0. The van der Waals surface area contributed by atoms with E-state index in [1.807, 2.05) is 20.8 Å². The van der Waals surface area contributed by atoms with Crippen LogP contribution in [0.1, 0.15) is 58.4 Å². The zero-order valence-corrected chi connectivity index (χ0v) is 20.2. The monoisotopic (exact) mass is 481 g/mol. The highest BCUT2D eigenvalue weighted by Gasteiger charge is 2.31. The first-order valence-electron chi connectivity index (χ1n) is 10.9. The third kappa shape index (κ3) is 5.98. The summed E-state index contributed by atoms with van der Waals surface area (Å²) in [6, 6.07) is 3.60. The van der Waals surface area contributed by atoms with Crippen LogP contribution in [0.2, 0.25) is 0 Å². The SMILES string of the molecule is CCn1c(C)c(C(=O)CN(CC(C)C)C(=O)Nc2cccc(C(F)(F)F)c2)c(C)c1C(=O)OC. The normalized spacial score (nSPS) is 11.5. The van der Waals surface area contributed by atoms with Gasteiger partial charge in [0.1, 0.15) is 5.69 Å². The Morgan fingerprint density at radius 2 is 1.82 bits per heavy atom. The number of carbonyl (C=O) groups excluding carboxylic acids is 3. The molecule has 7 nitrogen and oxygen atoms in total. The number of methoxy groups -OCH3 is 1. The number of benzene rings is 1. The number of ether oxygens (including phenoxy) is 1. The molecule has 1 aromatic carbocycles. The number of hydrogen-bond donors (Lipinski definition) is 1. The van der Waals surface area contributed by atoms with Gasteiger partial charge in [0.15, 0.2) is 5.78 Å². The second kappa shape index (κ2) is 10.8. The molecule has 1 heterocycles. The number of alkyl halides is 3. The van der Waals surface area contributed by atoms with Crippen molar-refractivity contribution in [2.45, 2.75) is 47.3 Å². The number of rotatable bonds is 8. The average Bonchev–Trinajstić information content (AvgIpc) is 3.01. The molecule has 0 spiro atoms. The number of Topliss-reactive ketones (excluding diaryl/α,β-unsaturated/α-hetero) is 1. The van der Waals surface area contributed by atoms with Crippen molar-refractivity contribution >= 4 is 23.5 Å². The number of aromatic nitrogens is 1. The number of nitrogens with zero attached hydrogens (tertiary/aromatic N) is 2. The first kappa shape index (κ1) is 26.9. The summed E-state index contributed by atoms with van der Waals surface area (Å²) in [5.74, 6) is -0.955. The van der Waals surface area contributed by atoms with E-state index >= 15 is 0 Å². The summed E-state index contributed by atoms with van der Waals surface area (Å²) in [7, 11) is 1.26. The standard InChI is InChI=1S/C24H30F3N3O4/c1-7-30-16(5)20(15(4)21(30)22(32)34-6)19(31)13-29(12-14(2)3)23(33)28-18-10-8-9-17(11-18)24(25,26)27/h8-11,14H,7,12-13H2,1-6H3,(H,28,33). The van der Waals surface area contributed by atoms with Gasteiger partial charge in [0.05, 0.1) is 19.2 Å². The van der Waals surface area contributed by atoms with Crippen molar-refractivity contribution < 1.29 is 32.3 Å². The van der Waals surface area contributed by atoms with E-state index in [1.165, 1.54) is 24.1 Å². The van der Waals surface area contributed by atoms with Gasteiger partial charge in [-0.25, -0.2) is 9.59 Å². The number of esters is 1. The molecule has 0 aliphatic carbocycles. The van der Waals surface area contributed by atoms with Crippen molar-refractivity contribution in [3.05, 3.63) is 52.3 Å². The van der Waals surface area contributed by atoms with Gasteiger partial charge in [0.25, 0.3) is 0 Å². The number of carbonyl (C=O) groups is 3. The Hall–Kier alpha value is -3.30. The van der Waals surface area contributed by atoms with Crippen LogP contribution in [0.4, 0.5) is 23.7 Å². The lowest BCUT2D eigenvalue weighted by Gasteiger charge is -2.24. The number of ketones is 1. The smallest absolute Gasteiger partial charge is 0.416 e. The Morgan fingerprint density at radius 1 is 1.18 bits per heavy atom. The van der Waals surface area contributed by atoms with Gasteiger partial charge in [-0.05, 0) is 50.5 Å². The van der Waals surface area contributed by atoms with Crippen molar-refractivity contribution in [1.82, 2.24) is 9.47 Å². The van der Waals surface area contributed by atoms with E-state index in [-0.39, 0.29) is 36.2 Å². The predicted octanol–water partition coefficient (Wildman–Crippen LogP) is 5.30. The van der Waals surface area contributed by atoms with E-state index in [0.29, 0.717) is 23.4 Å². The Balaban J connectivity index is 2.34. The molecule has 0 saturated heterocycles. The molecule has 0 radical (unpaired) electrons. The lowest BCUT2D eigenvalue weighted by Crippen LogP contribution is -2.41. The third-order valence-corrected chi connectivity index (χ3v) is 5.39. The van der Waals surface area contributed by atoms with E-state index in [9.17, 15) is 27.6 Å². The number of hydrogen-bond acceptors (Lipinski definition) is 4. The second-order valence-electron chi connectivity index (χ2n) is 8.38. The molecule has 1 aromatic heterocycles. The highest BCUT2D eigenvalue weighted by Crippen LogP contribution is 2.31. The summed E-state index contributed by atoms with van der Waals surface area (Å²) < 4.78 is 45.6. The highest BCUT2D eigenvalue weighted by atomic mass is 19.4. The minimum atomic E-state index is -4.55. The maximum absolute atomic E-state index is 13.3. The third-order valence-electron chi connectivity index (χ3n) is 5.39. The van der Waals surface area contributed by atoms with E-state index in [4.69, 9.17) is 4.74 Å². The van der Waals surface area contributed by atoms with Gasteiger partial charge in [-0.15, -0.1) is 0 Å². The number of anilines is 1. The first-order chi connectivity index (χ1) is 15.8.